The van der Waals surface area contributed by atoms with Gasteiger partial charge in [0, 0.05) is 31.6 Å². The number of nitrogens with zero attached hydrogens (tertiary/aromatic N) is 1. The zero-order valence-electron chi connectivity index (χ0n) is 15.1. The van der Waals surface area contributed by atoms with Crippen LogP contribution in [0.4, 0.5) is 5.69 Å². The standard InChI is InChI=1S/C18H27N3O4/c1-12(11-19)17(22)20-14-10-16(25-3)15(24-2)9-13(14)18(23)21-7-5-4-6-8-21/h9-10,12H,4-8,11,19H2,1-3H3,(H,20,22). The lowest BCUT2D eigenvalue weighted by atomic mass is 10.1. The van der Waals surface area contributed by atoms with Gasteiger partial charge in [-0.1, -0.05) is 6.92 Å². The van der Waals surface area contributed by atoms with E-state index in [9.17, 15) is 9.59 Å². The maximum atomic E-state index is 13.0. The Morgan fingerprint density at radius 2 is 1.76 bits per heavy atom. The molecule has 1 atom stereocenters. The Morgan fingerprint density at radius 1 is 1.16 bits per heavy atom. The maximum absolute atomic E-state index is 13.0. The number of methoxy groups -OCH3 is 2. The van der Waals surface area contributed by atoms with Gasteiger partial charge in [0.05, 0.1) is 25.5 Å². The van der Waals surface area contributed by atoms with Gasteiger partial charge in [-0.15, -0.1) is 0 Å². The Balaban J connectivity index is 2.39. The number of rotatable bonds is 6. The number of ether oxygens (including phenoxy) is 2. The smallest absolute Gasteiger partial charge is 0.256 e. The number of benzene rings is 1. The van der Waals surface area contributed by atoms with Crippen LogP contribution in [-0.2, 0) is 4.79 Å². The Bertz CT molecular complexity index is 627. The molecule has 0 spiro atoms. The Morgan fingerprint density at radius 3 is 2.32 bits per heavy atom. The quantitative estimate of drug-likeness (QED) is 0.817. The minimum Gasteiger partial charge on any atom is -0.493 e. The van der Waals surface area contributed by atoms with Crippen LogP contribution in [0.1, 0.15) is 36.5 Å². The van der Waals surface area contributed by atoms with Gasteiger partial charge in [0.15, 0.2) is 11.5 Å². The van der Waals surface area contributed by atoms with E-state index >= 15 is 0 Å². The van der Waals surface area contributed by atoms with Gasteiger partial charge in [0.1, 0.15) is 0 Å². The van der Waals surface area contributed by atoms with E-state index in [1.807, 2.05) is 4.90 Å². The predicted octanol–water partition coefficient (Wildman–Crippen LogP) is 1.86. The summed E-state index contributed by atoms with van der Waals surface area (Å²) in [5.74, 6) is 0.200. The highest BCUT2D eigenvalue weighted by atomic mass is 16.5. The van der Waals surface area contributed by atoms with Crippen LogP contribution in [0.15, 0.2) is 12.1 Å². The highest BCUT2D eigenvalue weighted by Gasteiger charge is 2.24. The summed E-state index contributed by atoms with van der Waals surface area (Å²) in [4.78, 5) is 27.0. The second kappa shape index (κ2) is 8.71. The van der Waals surface area contributed by atoms with Crippen LogP contribution >= 0.6 is 0 Å². The molecule has 0 aromatic heterocycles. The third-order valence-corrected chi connectivity index (χ3v) is 4.46. The molecule has 7 nitrogen and oxygen atoms in total. The number of amides is 2. The van der Waals surface area contributed by atoms with Crippen molar-refractivity contribution in [3.8, 4) is 11.5 Å². The topological polar surface area (TPSA) is 93.9 Å². The summed E-state index contributed by atoms with van der Waals surface area (Å²) < 4.78 is 10.6. The van der Waals surface area contributed by atoms with Crippen molar-refractivity contribution in [1.82, 2.24) is 4.90 Å². The highest BCUT2D eigenvalue weighted by molar-refractivity contribution is 6.05. The van der Waals surface area contributed by atoms with E-state index < -0.39 is 0 Å². The predicted molar refractivity (Wildman–Crippen MR) is 96.1 cm³/mol. The summed E-state index contributed by atoms with van der Waals surface area (Å²) in [7, 11) is 3.03. The third-order valence-electron chi connectivity index (χ3n) is 4.46. The summed E-state index contributed by atoms with van der Waals surface area (Å²) in [5, 5.41) is 2.81. The number of nitrogens with one attached hydrogen (secondary N) is 1. The Kier molecular flexibility index (Phi) is 6.64. The minimum atomic E-state index is -0.356. The normalized spacial score (nSPS) is 15.4. The molecule has 1 unspecified atom stereocenters. The molecule has 25 heavy (non-hydrogen) atoms. The largest absolute Gasteiger partial charge is 0.493 e. The van der Waals surface area contributed by atoms with Gasteiger partial charge in [-0.2, -0.15) is 0 Å². The third kappa shape index (κ3) is 4.42. The first-order valence-electron chi connectivity index (χ1n) is 8.58. The van der Waals surface area contributed by atoms with Crippen LogP contribution in [0.5, 0.6) is 11.5 Å². The number of anilines is 1. The zero-order valence-corrected chi connectivity index (χ0v) is 15.1. The average Bonchev–Trinajstić information content (AvgIpc) is 2.66. The van der Waals surface area contributed by atoms with Crippen molar-refractivity contribution in [3.05, 3.63) is 17.7 Å². The molecule has 1 heterocycles. The molecule has 1 aliphatic rings. The zero-order chi connectivity index (χ0) is 18.4. The summed E-state index contributed by atoms with van der Waals surface area (Å²) >= 11 is 0. The number of carbonyl (C=O) groups is 2. The molecular formula is C18H27N3O4. The number of hydrogen-bond donors (Lipinski definition) is 2. The first-order valence-corrected chi connectivity index (χ1v) is 8.58. The van der Waals surface area contributed by atoms with Crippen LogP contribution in [0.2, 0.25) is 0 Å². The van der Waals surface area contributed by atoms with E-state index in [0.29, 0.717) is 22.7 Å². The molecule has 1 aliphatic heterocycles. The molecular weight excluding hydrogens is 322 g/mol. The molecule has 138 valence electrons. The number of hydrogen-bond acceptors (Lipinski definition) is 5. The Labute approximate surface area is 148 Å². The second-order valence-corrected chi connectivity index (χ2v) is 6.23. The number of likely N-dealkylation sites (tertiary alicyclic amines) is 1. The van der Waals surface area contributed by atoms with Gasteiger partial charge in [-0.25, -0.2) is 0 Å². The van der Waals surface area contributed by atoms with E-state index in [-0.39, 0.29) is 24.3 Å². The fourth-order valence-electron chi connectivity index (χ4n) is 2.79. The van der Waals surface area contributed by atoms with Crippen molar-refractivity contribution < 1.29 is 19.1 Å². The van der Waals surface area contributed by atoms with E-state index in [2.05, 4.69) is 5.32 Å². The molecule has 2 rings (SSSR count). The van der Waals surface area contributed by atoms with Crippen molar-refractivity contribution in [2.45, 2.75) is 26.2 Å². The molecule has 1 aromatic rings. The van der Waals surface area contributed by atoms with Crippen LogP contribution in [0.3, 0.4) is 0 Å². The van der Waals surface area contributed by atoms with Gasteiger partial charge < -0.3 is 25.4 Å². The van der Waals surface area contributed by atoms with Gasteiger partial charge in [-0.3, -0.25) is 9.59 Å². The number of carbonyl (C=O) groups excluding carboxylic acids is 2. The molecule has 1 saturated heterocycles. The number of piperidine rings is 1. The van der Waals surface area contributed by atoms with E-state index in [0.717, 1.165) is 32.4 Å². The highest BCUT2D eigenvalue weighted by Crippen LogP contribution is 2.34. The molecule has 1 fully saturated rings. The van der Waals surface area contributed by atoms with Gasteiger partial charge in [0.25, 0.3) is 5.91 Å². The molecule has 0 aliphatic carbocycles. The van der Waals surface area contributed by atoms with Gasteiger partial charge in [-0.05, 0) is 25.3 Å². The molecule has 0 saturated carbocycles. The first-order chi connectivity index (χ1) is 12.0. The van der Waals surface area contributed by atoms with Crippen molar-refractivity contribution in [2.24, 2.45) is 11.7 Å². The molecule has 0 bridgehead atoms. The fourth-order valence-corrected chi connectivity index (χ4v) is 2.79. The first kappa shape index (κ1) is 19.1. The number of nitrogens with two attached hydrogens (primary N) is 1. The SMILES string of the molecule is COc1cc(NC(=O)C(C)CN)c(C(=O)N2CCCCC2)cc1OC. The van der Waals surface area contributed by atoms with Crippen LogP contribution in [0, 0.1) is 5.92 Å². The molecule has 1 aromatic carbocycles. The summed E-state index contributed by atoms with van der Waals surface area (Å²) in [6.07, 6.45) is 3.11. The van der Waals surface area contributed by atoms with Crippen molar-refractivity contribution in [1.29, 1.82) is 0 Å². The lowest BCUT2D eigenvalue weighted by Crippen LogP contribution is -2.36. The summed E-state index contributed by atoms with van der Waals surface area (Å²) in [5.41, 5.74) is 6.38. The van der Waals surface area contributed by atoms with Crippen LogP contribution in [-0.4, -0.2) is 50.6 Å². The maximum Gasteiger partial charge on any atom is 0.256 e. The average molecular weight is 349 g/mol. The second-order valence-electron chi connectivity index (χ2n) is 6.23. The van der Waals surface area contributed by atoms with E-state index in [1.54, 1.807) is 19.1 Å². The lowest BCUT2D eigenvalue weighted by Gasteiger charge is -2.28. The summed E-state index contributed by atoms with van der Waals surface area (Å²) in [6, 6.07) is 3.25. The van der Waals surface area contributed by atoms with E-state index in [4.69, 9.17) is 15.2 Å². The minimum absolute atomic E-state index is 0.114. The monoisotopic (exact) mass is 349 g/mol. The lowest BCUT2D eigenvalue weighted by molar-refractivity contribution is -0.119. The molecule has 2 amide bonds. The van der Waals surface area contributed by atoms with Gasteiger partial charge >= 0.3 is 0 Å². The van der Waals surface area contributed by atoms with Gasteiger partial charge in [0.2, 0.25) is 5.91 Å². The van der Waals surface area contributed by atoms with Crippen molar-refractivity contribution in [3.63, 3.8) is 0 Å². The van der Waals surface area contributed by atoms with E-state index in [1.165, 1.54) is 14.2 Å². The molecule has 7 heteroatoms. The van der Waals surface area contributed by atoms with Crippen LogP contribution < -0.4 is 20.5 Å². The summed E-state index contributed by atoms with van der Waals surface area (Å²) in [6.45, 7) is 3.41. The molecule has 3 N–H and O–H groups in total. The molecule has 0 radical (unpaired) electrons. The van der Waals surface area contributed by atoms with Crippen molar-refractivity contribution >= 4 is 17.5 Å². The van der Waals surface area contributed by atoms with Crippen LogP contribution in [0.25, 0.3) is 0 Å². The van der Waals surface area contributed by atoms with Crippen molar-refractivity contribution in [2.75, 3.05) is 39.2 Å². The Hall–Kier alpha value is -2.28. The fraction of sp³-hybridized carbons (Fsp3) is 0.556.